The Morgan fingerprint density at radius 1 is 1.43 bits per heavy atom. The van der Waals surface area contributed by atoms with Crippen LogP contribution >= 0.6 is 0 Å². The maximum absolute atomic E-state index is 6.05. The summed E-state index contributed by atoms with van der Waals surface area (Å²) in [6.45, 7) is 6.25. The van der Waals surface area contributed by atoms with Gasteiger partial charge in [-0.1, -0.05) is 12.1 Å². The van der Waals surface area contributed by atoms with Crippen LogP contribution in [0.1, 0.15) is 32.4 Å². The molecular formula is C17H25N3O. The Kier molecular flexibility index (Phi) is 6.08. The van der Waals surface area contributed by atoms with Gasteiger partial charge in [-0.15, -0.1) is 0 Å². The molecule has 4 heteroatoms. The minimum absolute atomic E-state index is 0.0251. The minimum atomic E-state index is 0.0251. The summed E-state index contributed by atoms with van der Waals surface area (Å²) in [6.07, 6.45) is 8.22. The summed E-state index contributed by atoms with van der Waals surface area (Å²) >= 11 is 0. The van der Waals surface area contributed by atoms with Crippen LogP contribution in [-0.2, 0) is 4.74 Å². The molecule has 0 N–H and O–H groups in total. The zero-order chi connectivity index (χ0) is 15.1. The average molecular weight is 287 g/mol. The lowest BCUT2D eigenvalue weighted by atomic mass is 10.1. The third-order valence-electron chi connectivity index (χ3n) is 3.70. The molecule has 0 amide bonds. The molecule has 0 aromatic carbocycles. The topological polar surface area (TPSA) is 37.7 Å². The van der Waals surface area contributed by atoms with E-state index in [0.29, 0.717) is 6.10 Å². The number of hydrogen-bond donors (Lipinski definition) is 0. The molecule has 0 bridgehead atoms. The van der Waals surface area contributed by atoms with Crippen LogP contribution in [0, 0.1) is 0 Å². The van der Waals surface area contributed by atoms with Crippen LogP contribution < -0.4 is 0 Å². The van der Waals surface area contributed by atoms with Gasteiger partial charge in [-0.25, -0.2) is 0 Å². The molecule has 0 spiro atoms. The lowest BCUT2D eigenvalue weighted by Gasteiger charge is -2.30. The van der Waals surface area contributed by atoms with Crippen molar-refractivity contribution in [3.05, 3.63) is 36.2 Å². The maximum atomic E-state index is 6.05. The molecule has 1 aliphatic heterocycles. The van der Waals surface area contributed by atoms with Crippen LogP contribution in [-0.4, -0.2) is 48.4 Å². The molecule has 1 aliphatic rings. The summed E-state index contributed by atoms with van der Waals surface area (Å²) in [6, 6.07) is 5.85. The molecule has 1 atom stereocenters. The number of rotatable bonds is 5. The molecule has 114 valence electrons. The zero-order valence-electron chi connectivity index (χ0n) is 13.2. The highest BCUT2D eigenvalue weighted by Crippen LogP contribution is 2.15. The molecule has 0 saturated carbocycles. The molecule has 0 radical (unpaired) electrons. The molecule has 1 aromatic heterocycles. The molecule has 1 aromatic rings. The van der Waals surface area contributed by atoms with E-state index in [0.717, 1.165) is 37.3 Å². The molecule has 2 heterocycles. The monoisotopic (exact) mass is 287 g/mol. The minimum Gasteiger partial charge on any atom is -0.370 e. The van der Waals surface area contributed by atoms with Gasteiger partial charge in [0.2, 0.25) is 0 Å². The Morgan fingerprint density at radius 2 is 2.19 bits per heavy atom. The van der Waals surface area contributed by atoms with E-state index >= 15 is 0 Å². The molecule has 0 aliphatic carbocycles. The van der Waals surface area contributed by atoms with E-state index in [1.54, 1.807) is 6.20 Å². The van der Waals surface area contributed by atoms with E-state index in [9.17, 15) is 0 Å². The number of hydrogen-bond acceptors (Lipinski definition) is 4. The van der Waals surface area contributed by atoms with Gasteiger partial charge in [-0.3, -0.25) is 9.98 Å². The Hall–Kier alpha value is -1.52. The Bertz CT molecular complexity index is 476. The summed E-state index contributed by atoms with van der Waals surface area (Å²) in [5.41, 5.74) is 1.78. The first-order valence-corrected chi connectivity index (χ1v) is 7.65. The van der Waals surface area contributed by atoms with E-state index in [1.165, 1.54) is 0 Å². The number of likely N-dealkylation sites (tertiary alicyclic amines) is 1. The van der Waals surface area contributed by atoms with Gasteiger partial charge in [0.15, 0.2) is 0 Å². The first-order valence-electron chi connectivity index (χ1n) is 7.65. The van der Waals surface area contributed by atoms with Crippen molar-refractivity contribution >= 4 is 11.9 Å². The van der Waals surface area contributed by atoms with Crippen LogP contribution in [0.2, 0.25) is 0 Å². The van der Waals surface area contributed by atoms with Crippen molar-refractivity contribution in [2.45, 2.75) is 38.9 Å². The fourth-order valence-corrected chi connectivity index (χ4v) is 2.45. The molecule has 1 unspecified atom stereocenters. The second-order valence-electron chi connectivity index (χ2n) is 5.51. The second-order valence-corrected chi connectivity index (χ2v) is 5.51. The van der Waals surface area contributed by atoms with Crippen molar-refractivity contribution < 1.29 is 4.74 Å². The van der Waals surface area contributed by atoms with E-state index in [2.05, 4.69) is 21.9 Å². The van der Waals surface area contributed by atoms with Crippen LogP contribution in [0.4, 0.5) is 0 Å². The predicted octanol–water partition coefficient (Wildman–Crippen LogP) is 3.01. The second kappa shape index (κ2) is 8.05. The van der Waals surface area contributed by atoms with E-state index < -0.39 is 0 Å². The SMILES string of the molecule is C/C=C(\N=CC(C)OC1CCN(C)CC1)c1ccccn1. The van der Waals surface area contributed by atoms with Crippen molar-refractivity contribution in [3.63, 3.8) is 0 Å². The highest BCUT2D eigenvalue weighted by atomic mass is 16.5. The van der Waals surface area contributed by atoms with Crippen molar-refractivity contribution in [1.29, 1.82) is 0 Å². The molecule has 1 fully saturated rings. The number of allylic oxidation sites excluding steroid dienone is 1. The summed E-state index contributed by atoms with van der Waals surface area (Å²) in [5, 5.41) is 0. The van der Waals surface area contributed by atoms with Crippen molar-refractivity contribution in [1.82, 2.24) is 9.88 Å². The third-order valence-corrected chi connectivity index (χ3v) is 3.70. The van der Waals surface area contributed by atoms with Gasteiger partial charge >= 0.3 is 0 Å². The van der Waals surface area contributed by atoms with Gasteiger partial charge in [0.05, 0.1) is 23.6 Å². The third kappa shape index (κ3) is 5.06. The van der Waals surface area contributed by atoms with E-state index in [4.69, 9.17) is 4.74 Å². The molecule has 1 saturated heterocycles. The summed E-state index contributed by atoms with van der Waals surface area (Å²) in [4.78, 5) is 11.2. The Labute approximate surface area is 127 Å². The van der Waals surface area contributed by atoms with E-state index in [-0.39, 0.29) is 6.10 Å². The fraction of sp³-hybridized carbons (Fsp3) is 0.529. The van der Waals surface area contributed by atoms with Gasteiger partial charge in [0.25, 0.3) is 0 Å². The largest absolute Gasteiger partial charge is 0.370 e. The summed E-state index contributed by atoms with van der Waals surface area (Å²) < 4.78 is 6.05. The highest BCUT2D eigenvalue weighted by molar-refractivity contribution is 5.74. The average Bonchev–Trinajstić information content (AvgIpc) is 2.51. The zero-order valence-corrected chi connectivity index (χ0v) is 13.2. The Morgan fingerprint density at radius 3 is 2.81 bits per heavy atom. The molecule has 21 heavy (non-hydrogen) atoms. The van der Waals surface area contributed by atoms with Gasteiger partial charge in [-0.2, -0.15) is 0 Å². The number of piperidine rings is 1. The van der Waals surface area contributed by atoms with Gasteiger partial charge in [0, 0.05) is 25.5 Å². The highest BCUT2D eigenvalue weighted by Gasteiger charge is 2.18. The molecule has 4 nitrogen and oxygen atoms in total. The van der Waals surface area contributed by atoms with E-state index in [1.807, 2.05) is 44.3 Å². The summed E-state index contributed by atoms with van der Waals surface area (Å²) in [5.74, 6) is 0. The number of aliphatic imine (C=N–C) groups is 1. The molecule has 2 rings (SSSR count). The smallest absolute Gasteiger partial charge is 0.0902 e. The number of pyridine rings is 1. The fourth-order valence-electron chi connectivity index (χ4n) is 2.45. The number of nitrogens with zero attached hydrogens (tertiary/aromatic N) is 3. The lowest BCUT2D eigenvalue weighted by Crippen LogP contribution is -2.35. The van der Waals surface area contributed by atoms with Crippen molar-refractivity contribution in [2.75, 3.05) is 20.1 Å². The van der Waals surface area contributed by atoms with Gasteiger partial charge in [0.1, 0.15) is 0 Å². The normalized spacial score (nSPS) is 20.0. The maximum Gasteiger partial charge on any atom is 0.0902 e. The Balaban J connectivity index is 1.87. The van der Waals surface area contributed by atoms with Gasteiger partial charge in [-0.05, 0) is 45.9 Å². The first kappa shape index (κ1) is 15.9. The van der Waals surface area contributed by atoms with Crippen molar-refractivity contribution in [3.8, 4) is 0 Å². The quantitative estimate of drug-likeness (QED) is 0.781. The van der Waals surface area contributed by atoms with Gasteiger partial charge < -0.3 is 9.64 Å². The number of ether oxygens (including phenoxy) is 1. The standard InChI is InChI=1S/C17H25N3O/c1-4-16(17-7-5-6-10-18-17)19-13-14(2)21-15-8-11-20(3)12-9-15/h4-7,10,13-15H,8-9,11-12H2,1-3H3/b16-4-,19-13?. The first-order chi connectivity index (χ1) is 10.2. The van der Waals surface area contributed by atoms with Crippen LogP contribution in [0.3, 0.4) is 0 Å². The number of aromatic nitrogens is 1. The van der Waals surface area contributed by atoms with Crippen LogP contribution in [0.5, 0.6) is 0 Å². The van der Waals surface area contributed by atoms with Crippen LogP contribution in [0.15, 0.2) is 35.5 Å². The van der Waals surface area contributed by atoms with Crippen molar-refractivity contribution in [2.24, 2.45) is 4.99 Å². The van der Waals surface area contributed by atoms with Crippen LogP contribution in [0.25, 0.3) is 5.70 Å². The predicted molar refractivity (Wildman–Crippen MR) is 87.4 cm³/mol. The molecular weight excluding hydrogens is 262 g/mol. The summed E-state index contributed by atoms with van der Waals surface area (Å²) in [7, 11) is 2.16. The lowest BCUT2D eigenvalue weighted by molar-refractivity contribution is -0.00199.